The summed E-state index contributed by atoms with van der Waals surface area (Å²) in [5, 5.41) is 0. The summed E-state index contributed by atoms with van der Waals surface area (Å²) in [6.07, 6.45) is 0. The minimum Gasteiger partial charge on any atom is -0.491 e. The number of nitrogens with one attached hydrogen (secondary N) is 1. The number of carbonyl (C=O) groups is 1. The quantitative estimate of drug-likeness (QED) is 0.455. The molecule has 1 N–H and O–H groups in total. The van der Waals surface area contributed by atoms with Crippen LogP contribution >= 0.6 is 0 Å². The monoisotopic (exact) mass is 440 g/mol. The highest BCUT2D eigenvalue weighted by Crippen LogP contribution is 2.31. The number of ether oxygens (including phenoxy) is 1. The molecule has 6 heteroatoms. The van der Waals surface area contributed by atoms with Crippen molar-refractivity contribution in [2.45, 2.75) is 26.4 Å². The van der Waals surface area contributed by atoms with Crippen molar-refractivity contribution in [2.75, 3.05) is 20.2 Å². The molecule has 0 bridgehead atoms. The molecule has 1 aromatic heterocycles. The van der Waals surface area contributed by atoms with Crippen molar-refractivity contribution >= 4 is 17.1 Å². The van der Waals surface area contributed by atoms with Crippen LogP contribution in [-0.4, -0.2) is 46.0 Å². The second kappa shape index (κ2) is 8.62. The summed E-state index contributed by atoms with van der Waals surface area (Å²) in [7, 11) is 1.87. The Hall–Kier alpha value is -3.80. The number of benzene rings is 3. The largest absolute Gasteiger partial charge is 0.491 e. The first-order valence-electron chi connectivity index (χ1n) is 11.3. The van der Waals surface area contributed by atoms with Gasteiger partial charge in [-0.25, -0.2) is 9.78 Å². The Morgan fingerprint density at radius 3 is 2.67 bits per heavy atom. The van der Waals surface area contributed by atoms with Crippen molar-refractivity contribution in [3.05, 3.63) is 83.7 Å². The van der Waals surface area contributed by atoms with Crippen molar-refractivity contribution in [2.24, 2.45) is 0 Å². The van der Waals surface area contributed by atoms with Crippen LogP contribution in [0.4, 0.5) is 4.79 Å². The second-order valence-electron chi connectivity index (χ2n) is 8.63. The highest BCUT2D eigenvalue weighted by atomic mass is 16.5. The number of H-pyrrole nitrogens is 1. The topological polar surface area (TPSA) is 61.5 Å². The molecule has 0 fully saturated rings. The molecule has 1 aliphatic rings. The van der Waals surface area contributed by atoms with E-state index in [9.17, 15) is 4.79 Å². The van der Waals surface area contributed by atoms with Gasteiger partial charge < -0.3 is 19.5 Å². The summed E-state index contributed by atoms with van der Waals surface area (Å²) in [4.78, 5) is 24.8. The number of imidazole rings is 1. The third kappa shape index (κ3) is 4.16. The Bertz CT molecular complexity index is 1300. The molecular weight excluding hydrogens is 412 g/mol. The Morgan fingerprint density at radius 2 is 1.85 bits per heavy atom. The Balaban J connectivity index is 1.40. The average molecular weight is 441 g/mol. The molecule has 1 aliphatic heterocycles. The zero-order valence-electron chi connectivity index (χ0n) is 19.2. The molecule has 0 spiro atoms. The van der Waals surface area contributed by atoms with Crippen molar-refractivity contribution in [1.29, 1.82) is 0 Å². The lowest BCUT2D eigenvalue weighted by atomic mass is 10.0. The molecule has 0 saturated carbocycles. The first-order valence-corrected chi connectivity index (χ1v) is 11.3. The molecule has 1 unspecified atom stereocenters. The molecule has 4 aromatic rings. The second-order valence-corrected chi connectivity index (χ2v) is 8.63. The van der Waals surface area contributed by atoms with Crippen molar-refractivity contribution in [3.8, 4) is 16.9 Å². The Morgan fingerprint density at radius 1 is 1.09 bits per heavy atom. The molecule has 3 aromatic carbocycles. The number of fused-ring (bicyclic) bond motifs is 2. The molecule has 0 radical (unpaired) electrons. The van der Waals surface area contributed by atoms with E-state index in [0.29, 0.717) is 19.7 Å². The van der Waals surface area contributed by atoms with E-state index in [-0.39, 0.29) is 12.1 Å². The lowest BCUT2D eigenvalue weighted by Crippen LogP contribution is -2.42. The van der Waals surface area contributed by atoms with Gasteiger partial charge >= 0.3 is 6.03 Å². The molecule has 1 atom stereocenters. The van der Waals surface area contributed by atoms with E-state index in [4.69, 9.17) is 4.74 Å². The first-order chi connectivity index (χ1) is 16.0. The standard InChI is InChI=1S/C27H28N4O2/c1-18(20-7-5-4-6-8-20)30(3)27(32)31-13-14-33-26-12-10-21(15-23(26)17-31)22-9-11-24-25(16-22)29-19(2)28-24/h4-12,15-16,18H,13-14,17H2,1-3H3,(H,28,29). The number of rotatable bonds is 3. The number of aryl methyl sites for hydroxylation is 1. The van der Waals surface area contributed by atoms with Crippen LogP contribution in [-0.2, 0) is 6.54 Å². The molecule has 2 heterocycles. The van der Waals surface area contributed by atoms with Crippen LogP contribution in [0.3, 0.4) is 0 Å². The van der Waals surface area contributed by atoms with Gasteiger partial charge in [0, 0.05) is 12.6 Å². The summed E-state index contributed by atoms with van der Waals surface area (Å²) in [6, 6.07) is 22.5. The van der Waals surface area contributed by atoms with Crippen LogP contribution in [0.2, 0.25) is 0 Å². The highest BCUT2D eigenvalue weighted by molar-refractivity contribution is 5.82. The number of amides is 2. The van der Waals surface area contributed by atoms with Crippen molar-refractivity contribution < 1.29 is 9.53 Å². The van der Waals surface area contributed by atoms with Gasteiger partial charge in [0.1, 0.15) is 18.2 Å². The van der Waals surface area contributed by atoms with Gasteiger partial charge in [0.15, 0.2) is 0 Å². The number of hydrogen-bond acceptors (Lipinski definition) is 3. The zero-order valence-corrected chi connectivity index (χ0v) is 19.2. The third-order valence-electron chi connectivity index (χ3n) is 6.41. The predicted octanol–water partition coefficient (Wildman–Crippen LogP) is 5.55. The third-order valence-corrected chi connectivity index (χ3v) is 6.41. The van der Waals surface area contributed by atoms with Crippen LogP contribution in [0.1, 0.15) is 29.9 Å². The number of carbonyl (C=O) groups excluding carboxylic acids is 1. The maximum Gasteiger partial charge on any atom is 0.320 e. The summed E-state index contributed by atoms with van der Waals surface area (Å²) in [5.41, 5.74) is 6.30. The smallest absolute Gasteiger partial charge is 0.320 e. The van der Waals surface area contributed by atoms with Gasteiger partial charge in [0.2, 0.25) is 0 Å². The summed E-state index contributed by atoms with van der Waals surface area (Å²) >= 11 is 0. The van der Waals surface area contributed by atoms with Gasteiger partial charge in [0.05, 0.1) is 30.2 Å². The van der Waals surface area contributed by atoms with E-state index in [1.54, 1.807) is 4.90 Å². The van der Waals surface area contributed by atoms with E-state index in [2.05, 4.69) is 53.3 Å². The van der Waals surface area contributed by atoms with E-state index in [0.717, 1.165) is 44.9 Å². The fourth-order valence-electron chi connectivity index (χ4n) is 4.40. The Labute approximate surface area is 193 Å². The molecule has 0 saturated heterocycles. The van der Waals surface area contributed by atoms with Gasteiger partial charge in [-0.3, -0.25) is 0 Å². The number of aromatic amines is 1. The molecule has 0 aliphatic carbocycles. The van der Waals surface area contributed by atoms with E-state index in [1.165, 1.54) is 0 Å². The van der Waals surface area contributed by atoms with Crippen LogP contribution < -0.4 is 4.74 Å². The molecule has 2 amide bonds. The Kier molecular flexibility index (Phi) is 5.50. The van der Waals surface area contributed by atoms with Crippen LogP contribution in [0, 0.1) is 6.92 Å². The lowest BCUT2D eigenvalue weighted by Gasteiger charge is -2.31. The minimum atomic E-state index is -0.0155. The van der Waals surface area contributed by atoms with Gasteiger partial charge in [-0.15, -0.1) is 0 Å². The minimum absolute atomic E-state index is 0.00237. The van der Waals surface area contributed by atoms with Crippen molar-refractivity contribution in [3.63, 3.8) is 0 Å². The summed E-state index contributed by atoms with van der Waals surface area (Å²) in [5.74, 6) is 1.74. The molecule has 33 heavy (non-hydrogen) atoms. The fourth-order valence-corrected chi connectivity index (χ4v) is 4.40. The number of urea groups is 1. The van der Waals surface area contributed by atoms with E-state index < -0.39 is 0 Å². The van der Waals surface area contributed by atoms with Crippen LogP contribution in [0.25, 0.3) is 22.2 Å². The molecular formula is C27H28N4O2. The molecule has 5 rings (SSSR count). The SMILES string of the molecule is Cc1nc2ccc(-c3ccc4c(c3)CN(C(=O)N(C)C(C)c3ccccc3)CCO4)cc2[nH]1. The molecule has 6 nitrogen and oxygen atoms in total. The number of aromatic nitrogens is 2. The average Bonchev–Trinajstić information content (AvgIpc) is 3.08. The summed E-state index contributed by atoms with van der Waals surface area (Å²) in [6.45, 7) is 5.56. The van der Waals surface area contributed by atoms with Crippen LogP contribution in [0.5, 0.6) is 5.75 Å². The molecule has 168 valence electrons. The van der Waals surface area contributed by atoms with Crippen molar-refractivity contribution in [1.82, 2.24) is 19.8 Å². The van der Waals surface area contributed by atoms with Crippen LogP contribution in [0.15, 0.2) is 66.7 Å². The van der Waals surface area contributed by atoms with Gasteiger partial charge in [-0.1, -0.05) is 42.5 Å². The highest BCUT2D eigenvalue weighted by Gasteiger charge is 2.26. The lowest BCUT2D eigenvalue weighted by molar-refractivity contribution is 0.142. The van der Waals surface area contributed by atoms with Gasteiger partial charge in [0.25, 0.3) is 0 Å². The number of nitrogens with zero attached hydrogens (tertiary/aromatic N) is 3. The zero-order chi connectivity index (χ0) is 22.9. The fraction of sp³-hybridized carbons (Fsp3) is 0.259. The normalized spacial score (nSPS) is 14.3. The summed E-state index contributed by atoms with van der Waals surface area (Å²) < 4.78 is 5.99. The van der Waals surface area contributed by atoms with Gasteiger partial charge in [-0.05, 0) is 54.8 Å². The van der Waals surface area contributed by atoms with Gasteiger partial charge in [-0.2, -0.15) is 0 Å². The van der Waals surface area contributed by atoms with E-state index in [1.807, 2.05) is 49.2 Å². The number of hydrogen-bond donors (Lipinski definition) is 1. The maximum absolute atomic E-state index is 13.4. The maximum atomic E-state index is 13.4. The first kappa shape index (κ1) is 21.1. The van der Waals surface area contributed by atoms with E-state index >= 15 is 0 Å². The predicted molar refractivity (Wildman–Crippen MR) is 130 cm³/mol.